The van der Waals surface area contributed by atoms with Crippen molar-refractivity contribution >= 4 is 11.6 Å². The summed E-state index contributed by atoms with van der Waals surface area (Å²) < 4.78 is 1.89. The van der Waals surface area contributed by atoms with E-state index < -0.39 is 0 Å². The highest BCUT2D eigenvalue weighted by Gasteiger charge is 2.18. The highest BCUT2D eigenvalue weighted by Crippen LogP contribution is 2.26. The average molecular weight is 279 g/mol. The molecule has 0 radical (unpaired) electrons. The Hall–Kier alpha value is -1.39. The van der Waals surface area contributed by atoms with Crippen molar-refractivity contribution in [1.29, 1.82) is 0 Å². The molecule has 2 aromatic heterocycles. The Morgan fingerprint density at radius 1 is 1.37 bits per heavy atom. The Kier molecular flexibility index (Phi) is 4.56. The molecule has 0 aliphatic heterocycles. The summed E-state index contributed by atoms with van der Waals surface area (Å²) >= 11 is 6.19. The van der Waals surface area contributed by atoms with Crippen molar-refractivity contribution < 1.29 is 0 Å². The molecule has 102 valence electrons. The molecule has 1 atom stereocenters. The van der Waals surface area contributed by atoms with Crippen molar-refractivity contribution in [3.63, 3.8) is 0 Å². The molecule has 0 spiro atoms. The molecule has 2 rings (SSSR count). The van der Waals surface area contributed by atoms with Gasteiger partial charge >= 0.3 is 0 Å². The molecule has 0 amide bonds. The second-order valence-corrected chi connectivity index (χ2v) is 5.29. The molecule has 0 aliphatic carbocycles. The number of halogens is 1. The van der Waals surface area contributed by atoms with Crippen LogP contribution in [0.2, 0.25) is 5.02 Å². The van der Waals surface area contributed by atoms with Crippen molar-refractivity contribution in [2.45, 2.75) is 38.8 Å². The van der Waals surface area contributed by atoms with E-state index in [0.717, 1.165) is 24.2 Å². The minimum absolute atomic E-state index is 0.126. The van der Waals surface area contributed by atoms with Crippen LogP contribution in [0.15, 0.2) is 30.6 Å². The van der Waals surface area contributed by atoms with Gasteiger partial charge in [0.2, 0.25) is 0 Å². The molecule has 0 saturated heterocycles. The normalized spacial score (nSPS) is 12.9. The maximum absolute atomic E-state index is 6.25. The summed E-state index contributed by atoms with van der Waals surface area (Å²) in [5.74, 6) is 0. The predicted octanol–water partition coefficient (Wildman–Crippen LogP) is 3.15. The van der Waals surface area contributed by atoms with Gasteiger partial charge in [-0.25, -0.2) is 0 Å². The molecule has 5 heteroatoms. The van der Waals surface area contributed by atoms with Crippen LogP contribution in [0.25, 0.3) is 0 Å². The van der Waals surface area contributed by atoms with E-state index in [1.165, 1.54) is 0 Å². The molecule has 1 unspecified atom stereocenters. The maximum Gasteiger partial charge on any atom is 0.0834 e. The van der Waals surface area contributed by atoms with Crippen LogP contribution >= 0.6 is 11.6 Å². The van der Waals surface area contributed by atoms with Crippen molar-refractivity contribution in [1.82, 2.24) is 14.8 Å². The Morgan fingerprint density at radius 2 is 2.16 bits per heavy atom. The molecule has 2 N–H and O–H groups in total. The molecular formula is C14H19ClN4. The number of hydrogen-bond acceptors (Lipinski definition) is 3. The maximum atomic E-state index is 6.25. The lowest BCUT2D eigenvalue weighted by Gasteiger charge is -2.17. The third kappa shape index (κ3) is 3.33. The minimum Gasteiger partial charge on any atom is -0.323 e. The molecule has 0 aromatic carbocycles. The summed E-state index contributed by atoms with van der Waals surface area (Å²) in [5, 5.41) is 4.92. The largest absolute Gasteiger partial charge is 0.323 e. The van der Waals surface area contributed by atoms with Gasteiger partial charge in [-0.15, -0.1) is 0 Å². The van der Waals surface area contributed by atoms with Gasteiger partial charge in [0.05, 0.1) is 16.9 Å². The van der Waals surface area contributed by atoms with Crippen LogP contribution < -0.4 is 5.73 Å². The second-order valence-electron chi connectivity index (χ2n) is 4.88. The van der Waals surface area contributed by atoms with Crippen molar-refractivity contribution in [3.8, 4) is 0 Å². The van der Waals surface area contributed by atoms with Crippen molar-refractivity contribution in [3.05, 3.63) is 47.0 Å². The molecule has 0 bridgehead atoms. The first-order valence-electron chi connectivity index (χ1n) is 6.48. The zero-order valence-corrected chi connectivity index (χ0v) is 12.0. The third-order valence-corrected chi connectivity index (χ3v) is 3.36. The number of nitrogens with zero attached hydrogens (tertiary/aromatic N) is 3. The van der Waals surface area contributed by atoms with Crippen LogP contribution in [-0.2, 0) is 6.42 Å². The van der Waals surface area contributed by atoms with Crippen LogP contribution in [0.3, 0.4) is 0 Å². The standard InChI is InChI=1S/C14H19ClN4/c1-10(2)19-14(12(15)9-18-19)13(16)7-6-11-5-3-4-8-17-11/h3-5,8-10,13H,6-7,16H2,1-2H3. The topological polar surface area (TPSA) is 56.7 Å². The van der Waals surface area contributed by atoms with E-state index in [2.05, 4.69) is 23.9 Å². The predicted molar refractivity (Wildman–Crippen MR) is 77.1 cm³/mol. The zero-order valence-electron chi connectivity index (χ0n) is 11.3. The molecule has 2 heterocycles. The Morgan fingerprint density at radius 3 is 2.79 bits per heavy atom. The van der Waals surface area contributed by atoms with Gasteiger partial charge in [0.1, 0.15) is 0 Å². The van der Waals surface area contributed by atoms with Crippen LogP contribution in [-0.4, -0.2) is 14.8 Å². The van der Waals surface area contributed by atoms with Crippen LogP contribution in [0.1, 0.15) is 43.7 Å². The van der Waals surface area contributed by atoms with Gasteiger partial charge in [0.25, 0.3) is 0 Å². The van der Waals surface area contributed by atoms with Gasteiger partial charge in [-0.1, -0.05) is 17.7 Å². The van der Waals surface area contributed by atoms with Crippen LogP contribution in [0.4, 0.5) is 0 Å². The number of rotatable bonds is 5. The van der Waals surface area contributed by atoms with Crippen LogP contribution in [0, 0.1) is 0 Å². The number of nitrogens with two attached hydrogens (primary N) is 1. The Labute approximate surface area is 118 Å². The number of pyridine rings is 1. The van der Waals surface area contributed by atoms with E-state index in [4.69, 9.17) is 17.3 Å². The van der Waals surface area contributed by atoms with Gasteiger partial charge < -0.3 is 5.73 Å². The minimum atomic E-state index is -0.126. The summed E-state index contributed by atoms with van der Waals surface area (Å²) in [7, 11) is 0. The van der Waals surface area contributed by atoms with Gasteiger partial charge in [-0.05, 0) is 38.8 Å². The fourth-order valence-corrected chi connectivity index (χ4v) is 2.37. The first kappa shape index (κ1) is 14.0. The average Bonchev–Trinajstić information content (AvgIpc) is 2.79. The van der Waals surface area contributed by atoms with E-state index in [1.54, 1.807) is 12.4 Å². The second kappa shape index (κ2) is 6.17. The quantitative estimate of drug-likeness (QED) is 0.914. The van der Waals surface area contributed by atoms with Gasteiger partial charge in [0, 0.05) is 24.0 Å². The third-order valence-electron chi connectivity index (χ3n) is 3.06. The SMILES string of the molecule is CC(C)n1ncc(Cl)c1C(N)CCc1ccccn1. The van der Waals surface area contributed by atoms with E-state index in [9.17, 15) is 0 Å². The van der Waals surface area contributed by atoms with Gasteiger partial charge in [-0.2, -0.15) is 5.10 Å². The Bertz CT molecular complexity index is 521. The van der Waals surface area contributed by atoms with E-state index in [1.807, 2.05) is 22.9 Å². The summed E-state index contributed by atoms with van der Waals surface area (Å²) in [5.41, 5.74) is 8.21. The summed E-state index contributed by atoms with van der Waals surface area (Å²) in [6.07, 6.45) is 5.10. The molecule has 0 aliphatic rings. The molecule has 0 saturated carbocycles. The molecule has 0 fully saturated rings. The number of hydrogen-bond donors (Lipinski definition) is 1. The monoisotopic (exact) mass is 278 g/mol. The van der Waals surface area contributed by atoms with Gasteiger partial charge in [-0.3, -0.25) is 9.67 Å². The van der Waals surface area contributed by atoms with Crippen molar-refractivity contribution in [2.24, 2.45) is 5.73 Å². The molecule has 19 heavy (non-hydrogen) atoms. The molecule has 2 aromatic rings. The fraction of sp³-hybridized carbons (Fsp3) is 0.429. The molecular weight excluding hydrogens is 260 g/mol. The van der Waals surface area contributed by atoms with Crippen molar-refractivity contribution in [2.75, 3.05) is 0 Å². The van der Waals surface area contributed by atoms with Crippen LogP contribution in [0.5, 0.6) is 0 Å². The van der Waals surface area contributed by atoms with E-state index in [-0.39, 0.29) is 12.1 Å². The lowest BCUT2D eigenvalue weighted by atomic mass is 10.1. The number of aromatic nitrogens is 3. The lowest BCUT2D eigenvalue weighted by molar-refractivity contribution is 0.476. The lowest BCUT2D eigenvalue weighted by Crippen LogP contribution is -2.19. The summed E-state index contributed by atoms with van der Waals surface area (Å²) in [4.78, 5) is 4.30. The highest BCUT2D eigenvalue weighted by molar-refractivity contribution is 6.31. The van der Waals surface area contributed by atoms with Gasteiger partial charge in [0.15, 0.2) is 0 Å². The van der Waals surface area contributed by atoms with E-state index in [0.29, 0.717) is 5.02 Å². The first-order valence-corrected chi connectivity index (χ1v) is 6.85. The summed E-state index contributed by atoms with van der Waals surface area (Å²) in [6.45, 7) is 4.14. The van der Waals surface area contributed by atoms with E-state index >= 15 is 0 Å². The number of aryl methyl sites for hydroxylation is 1. The fourth-order valence-electron chi connectivity index (χ4n) is 2.10. The smallest absolute Gasteiger partial charge is 0.0834 e. The summed E-state index contributed by atoms with van der Waals surface area (Å²) in [6, 6.07) is 6.03. The molecule has 4 nitrogen and oxygen atoms in total. The zero-order chi connectivity index (χ0) is 13.8. The Balaban J connectivity index is 2.08. The first-order chi connectivity index (χ1) is 9.09. The highest BCUT2D eigenvalue weighted by atomic mass is 35.5.